The molecule has 0 unspecified atom stereocenters. The summed E-state index contributed by atoms with van der Waals surface area (Å²) in [5.74, 6) is -1.89. The first-order chi connectivity index (χ1) is 9.58. The van der Waals surface area contributed by atoms with Gasteiger partial charge in [-0.15, -0.1) is 0 Å². The highest BCUT2D eigenvalue weighted by Crippen LogP contribution is 2.25. The van der Waals surface area contributed by atoms with Crippen LogP contribution in [0.25, 0.3) is 0 Å². The lowest BCUT2D eigenvalue weighted by Gasteiger charge is -2.21. The molecule has 1 aliphatic carbocycles. The Labute approximate surface area is 117 Å². The van der Waals surface area contributed by atoms with Gasteiger partial charge in [0, 0.05) is 18.3 Å². The van der Waals surface area contributed by atoms with Crippen LogP contribution in [-0.2, 0) is 0 Å². The Morgan fingerprint density at radius 1 is 1.20 bits per heavy atom. The normalized spacial score (nSPS) is 16.1. The number of benzene rings is 1. The maximum atomic E-state index is 13.1. The molecule has 1 amide bonds. The number of amides is 1. The van der Waals surface area contributed by atoms with Gasteiger partial charge in [-0.3, -0.25) is 4.79 Å². The highest BCUT2D eigenvalue weighted by Gasteiger charge is 2.16. The van der Waals surface area contributed by atoms with Crippen molar-refractivity contribution in [3.05, 3.63) is 29.3 Å². The monoisotopic (exact) mass is 282 g/mol. The molecule has 1 aliphatic rings. The van der Waals surface area contributed by atoms with Crippen LogP contribution in [0.15, 0.2) is 12.1 Å². The van der Waals surface area contributed by atoms with Crippen molar-refractivity contribution in [1.29, 1.82) is 0 Å². The summed E-state index contributed by atoms with van der Waals surface area (Å²) >= 11 is 0. The average molecular weight is 282 g/mol. The molecule has 3 nitrogen and oxygen atoms in total. The number of hydrogen-bond donors (Lipinski definition) is 2. The third-order valence-corrected chi connectivity index (χ3v) is 3.90. The number of carbonyl (C=O) groups excluding carboxylic acids is 1. The Balaban J connectivity index is 1.87. The number of nitrogens with one attached hydrogen (secondary N) is 1. The van der Waals surface area contributed by atoms with Crippen molar-refractivity contribution in [2.75, 3.05) is 12.3 Å². The van der Waals surface area contributed by atoms with Gasteiger partial charge in [-0.1, -0.05) is 32.1 Å². The molecule has 0 radical (unpaired) electrons. The summed E-state index contributed by atoms with van der Waals surface area (Å²) in [6, 6.07) is 1.69. The quantitative estimate of drug-likeness (QED) is 0.833. The molecule has 3 N–H and O–H groups in total. The maximum absolute atomic E-state index is 13.1. The van der Waals surface area contributed by atoms with Crippen LogP contribution in [0, 0.1) is 17.6 Å². The largest absolute Gasteiger partial charge is 0.398 e. The molecule has 1 aromatic rings. The van der Waals surface area contributed by atoms with Crippen LogP contribution >= 0.6 is 0 Å². The van der Waals surface area contributed by atoms with Crippen LogP contribution in [0.2, 0.25) is 0 Å². The van der Waals surface area contributed by atoms with E-state index in [1.165, 1.54) is 32.1 Å². The molecule has 1 saturated carbocycles. The van der Waals surface area contributed by atoms with Crippen LogP contribution in [0.4, 0.5) is 14.5 Å². The molecule has 0 saturated heterocycles. The van der Waals surface area contributed by atoms with E-state index in [2.05, 4.69) is 5.32 Å². The second-order valence-electron chi connectivity index (χ2n) is 5.40. The fourth-order valence-corrected chi connectivity index (χ4v) is 2.72. The minimum atomic E-state index is -1.06. The highest BCUT2D eigenvalue weighted by atomic mass is 19.2. The van der Waals surface area contributed by atoms with Gasteiger partial charge in [0.1, 0.15) is 0 Å². The van der Waals surface area contributed by atoms with Crippen LogP contribution in [-0.4, -0.2) is 12.5 Å². The summed E-state index contributed by atoms with van der Waals surface area (Å²) in [5, 5.41) is 2.73. The Bertz CT molecular complexity index is 485. The molecule has 20 heavy (non-hydrogen) atoms. The molecule has 0 bridgehead atoms. The number of nitrogen functional groups attached to an aromatic ring is 1. The Hall–Kier alpha value is -1.65. The predicted octanol–water partition coefficient (Wildman–Crippen LogP) is 3.25. The zero-order chi connectivity index (χ0) is 14.5. The van der Waals surface area contributed by atoms with Crippen molar-refractivity contribution in [3.63, 3.8) is 0 Å². The van der Waals surface area contributed by atoms with Crippen LogP contribution in [0.3, 0.4) is 0 Å². The molecule has 0 spiro atoms. The molecule has 0 heterocycles. The third-order valence-electron chi connectivity index (χ3n) is 3.90. The summed E-state index contributed by atoms with van der Waals surface area (Å²) in [7, 11) is 0. The van der Waals surface area contributed by atoms with Crippen LogP contribution in [0.5, 0.6) is 0 Å². The molecular weight excluding hydrogens is 262 g/mol. The van der Waals surface area contributed by atoms with Gasteiger partial charge in [0.05, 0.1) is 5.56 Å². The molecule has 2 rings (SSSR count). The highest BCUT2D eigenvalue weighted by molar-refractivity contribution is 5.99. The molecule has 0 aromatic heterocycles. The van der Waals surface area contributed by atoms with Crippen LogP contribution in [0.1, 0.15) is 48.9 Å². The minimum absolute atomic E-state index is 0.00690. The number of halogens is 2. The molecule has 1 aromatic carbocycles. The van der Waals surface area contributed by atoms with Gasteiger partial charge in [0.25, 0.3) is 5.91 Å². The van der Waals surface area contributed by atoms with Crippen molar-refractivity contribution in [1.82, 2.24) is 5.32 Å². The van der Waals surface area contributed by atoms with Crippen molar-refractivity contribution in [2.24, 2.45) is 5.92 Å². The molecular formula is C15H20F2N2O. The zero-order valence-electron chi connectivity index (χ0n) is 11.4. The number of hydrogen-bond acceptors (Lipinski definition) is 2. The first-order valence-electron chi connectivity index (χ1n) is 7.10. The SMILES string of the molecule is Nc1cc(F)c(F)cc1C(=O)NCCC1CCCCC1. The summed E-state index contributed by atoms with van der Waals surface area (Å²) in [6.07, 6.45) is 7.17. The molecule has 0 aliphatic heterocycles. The van der Waals surface area contributed by atoms with Gasteiger partial charge < -0.3 is 11.1 Å². The van der Waals surface area contributed by atoms with E-state index in [1.807, 2.05) is 0 Å². The van der Waals surface area contributed by atoms with Gasteiger partial charge in [-0.25, -0.2) is 8.78 Å². The predicted molar refractivity (Wildman–Crippen MR) is 74.3 cm³/mol. The lowest BCUT2D eigenvalue weighted by Crippen LogP contribution is -2.27. The molecule has 5 heteroatoms. The Morgan fingerprint density at radius 2 is 1.85 bits per heavy atom. The summed E-state index contributed by atoms with van der Waals surface area (Å²) in [6.45, 7) is 0.544. The van der Waals surface area contributed by atoms with E-state index < -0.39 is 17.5 Å². The Morgan fingerprint density at radius 3 is 2.55 bits per heavy atom. The maximum Gasteiger partial charge on any atom is 0.253 e. The lowest BCUT2D eigenvalue weighted by atomic mass is 9.87. The van der Waals surface area contributed by atoms with E-state index in [0.717, 1.165) is 18.6 Å². The van der Waals surface area contributed by atoms with Gasteiger partial charge in [-0.2, -0.15) is 0 Å². The van der Waals surface area contributed by atoms with E-state index in [4.69, 9.17) is 5.73 Å². The van der Waals surface area contributed by atoms with E-state index in [1.54, 1.807) is 0 Å². The average Bonchev–Trinajstić information content (AvgIpc) is 2.44. The number of nitrogens with two attached hydrogens (primary N) is 1. The van der Waals surface area contributed by atoms with Crippen LogP contribution < -0.4 is 11.1 Å². The van der Waals surface area contributed by atoms with Gasteiger partial charge in [0.15, 0.2) is 11.6 Å². The Kier molecular flexibility index (Phi) is 4.93. The summed E-state index contributed by atoms with van der Waals surface area (Å²) in [4.78, 5) is 11.9. The van der Waals surface area contributed by atoms with E-state index >= 15 is 0 Å². The summed E-state index contributed by atoms with van der Waals surface area (Å²) < 4.78 is 26.1. The van der Waals surface area contributed by atoms with Gasteiger partial charge in [-0.05, 0) is 18.4 Å². The zero-order valence-corrected chi connectivity index (χ0v) is 11.4. The molecule has 0 atom stereocenters. The first-order valence-corrected chi connectivity index (χ1v) is 7.10. The smallest absolute Gasteiger partial charge is 0.253 e. The molecule has 110 valence electrons. The second-order valence-corrected chi connectivity index (χ2v) is 5.40. The minimum Gasteiger partial charge on any atom is -0.398 e. The van der Waals surface area contributed by atoms with Gasteiger partial charge >= 0.3 is 0 Å². The first kappa shape index (κ1) is 14.8. The standard InChI is InChI=1S/C15H20F2N2O/c16-12-8-11(14(18)9-13(12)17)15(20)19-7-6-10-4-2-1-3-5-10/h8-10H,1-7,18H2,(H,19,20). The topological polar surface area (TPSA) is 55.1 Å². The fourth-order valence-electron chi connectivity index (χ4n) is 2.72. The van der Waals surface area contributed by atoms with E-state index in [0.29, 0.717) is 12.5 Å². The number of rotatable bonds is 4. The lowest BCUT2D eigenvalue weighted by molar-refractivity contribution is 0.0950. The van der Waals surface area contributed by atoms with Crippen molar-refractivity contribution >= 4 is 11.6 Å². The van der Waals surface area contributed by atoms with Gasteiger partial charge in [0.2, 0.25) is 0 Å². The van der Waals surface area contributed by atoms with Crippen molar-refractivity contribution < 1.29 is 13.6 Å². The van der Waals surface area contributed by atoms with E-state index in [-0.39, 0.29) is 11.3 Å². The number of carbonyl (C=O) groups is 1. The number of anilines is 1. The molecule has 1 fully saturated rings. The fraction of sp³-hybridized carbons (Fsp3) is 0.533. The third kappa shape index (κ3) is 3.68. The summed E-state index contributed by atoms with van der Waals surface area (Å²) in [5.41, 5.74) is 5.49. The van der Waals surface area contributed by atoms with Crippen molar-refractivity contribution in [3.8, 4) is 0 Å². The van der Waals surface area contributed by atoms with Crippen molar-refractivity contribution in [2.45, 2.75) is 38.5 Å². The second kappa shape index (κ2) is 6.68. The van der Waals surface area contributed by atoms with E-state index in [9.17, 15) is 13.6 Å².